The summed E-state index contributed by atoms with van der Waals surface area (Å²) in [5.74, 6) is -1.56. The predicted octanol–water partition coefficient (Wildman–Crippen LogP) is 2.07. The number of pyridine rings is 2. The van der Waals surface area contributed by atoms with E-state index in [1.165, 1.54) is 18.4 Å². The van der Waals surface area contributed by atoms with Gasteiger partial charge in [0.2, 0.25) is 5.60 Å². The third-order valence-corrected chi connectivity index (χ3v) is 6.48. The van der Waals surface area contributed by atoms with E-state index < -0.39 is 23.5 Å². The zero-order chi connectivity index (χ0) is 25.1. The van der Waals surface area contributed by atoms with Crippen molar-refractivity contribution < 1.29 is 33.7 Å². The number of fused-ring (bicyclic) bond motifs is 5. The SMILES string of the molecule is CC[C@@]1(OC(C)=O)C(=O)OCc2c1cc1n(c2=O)Cc2c-1nc1ccc(OC(C)=O)cc1c2CO. The molecule has 3 aromatic rings. The lowest BCUT2D eigenvalue weighted by molar-refractivity contribution is -0.188. The summed E-state index contributed by atoms with van der Waals surface area (Å²) in [6.07, 6.45) is 0.0835. The van der Waals surface area contributed by atoms with E-state index >= 15 is 0 Å². The van der Waals surface area contributed by atoms with Crippen LogP contribution in [-0.4, -0.2) is 32.6 Å². The van der Waals surface area contributed by atoms with Crippen molar-refractivity contribution in [2.75, 3.05) is 0 Å². The molecule has 2 aliphatic heterocycles. The number of aliphatic hydroxyl groups excluding tert-OH is 1. The lowest BCUT2D eigenvalue weighted by atomic mass is 9.85. The second kappa shape index (κ2) is 8.02. The first-order valence-electron chi connectivity index (χ1n) is 11.1. The number of rotatable bonds is 4. The molecule has 0 amide bonds. The minimum absolute atomic E-state index is 0.0835. The number of carbonyl (C=O) groups excluding carboxylic acids is 3. The molecule has 0 aliphatic carbocycles. The number of hydrogen-bond acceptors (Lipinski definition) is 9. The van der Waals surface area contributed by atoms with Crippen molar-refractivity contribution in [1.29, 1.82) is 0 Å². The average Bonchev–Trinajstić information content (AvgIpc) is 3.17. The molecule has 10 nitrogen and oxygen atoms in total. The molecule has 0 fully saturated rings. The van der Waals surface area contributed by atoms with Crippen molar-refractivity contribution in [3.63, 3.8) is 0 Å². The minimum atomic E-state index is -1.73. The molecular formula is C25H22N2O8. The minimum Gasteiger partial charge on any atom is -0.457 e. The van der Waals surface area contributed by atoms with Crippen molar-refractivity contribution in [3.8, 4) is 17.1 Å². The molecule has 35 heavy (non-hydrogen) atoms. The zero-order valence-electron chi connectivity index (χ0n) is 19.3. The van der Waals surface area contributed by atoms with Crippen LogP contribution in [0.1, 0.15) is 49.4 Å². The summed E-state index contributed by atoms with van der Waals surface area (Å²) < 4.78 is 17.4. The fraction of sp³-hybridized carbons (Fsp3) is 0.320. The first kappa shape index (κ1) is 22.7. The Kier molecular flexibility index (Phi) is 5.21. The highest BCUT2D eigenvalue weighted by atomic mass is 16.6. The predicted molar refractivity (Wildman–Crippen MR) is 121 cm³/mol. The molecule has 180 valence electrons. The Labute approximate surface area is 199 Å². The maximum Gasteiger partial charge on any atom is 0.355 e. The smallest absolute Gasteiger partial charge is 0.355 e. The Bertz CT molecular complexity index is 1510. The lowest BCUT2D eigenvalue weighted by Gasteiger charge is -2.35. The van der Waals surface area contributed by atoms with E-state index in [9.17, 15) is 24.3 Å². The fourth-order valence-corrected chi connectivity index (χ4v) is 4.95. The molecule has 1 atom stereocenters. The van der Waals surface area contributed by atoms with Gasteiger partial charge in [-0.15, -0.1) is 0 Å². The Morgan fingerprint density at radius 2 is 1.94 bits per heavy atom. The summed E-state index contributed by atoms with van der Waals surface area (Å²) in [6.45, 7) is 3.74. The van der Waals surface area contributed by atoms with Crippen LogP contribution in [0, 0.1) is 0 Å². The van der Waals surface area contributed by atoms with Crippen molar-refractivity contribution in [2.24, 2.45) is 0 Å². The number of ether oxygens (including phenoxy) is 3. The van der Waals surface area contributed by atoms with Crippen molar-refractivity contribution in [3.05, 3.63) is 56.9 Å². The van der Waals surface area contributed by atoms with Crippen LogP contribution in [0.3, 0.4) is 0 Å². The zero-order valence-corrected chi connectivity index (χ0v) is 19.3. The quantitative estimate of drug-likeness (QED) is 0.345. The maximum atomic E-state index is 13.5. The summed E-state index contributed by atoms with van der Waals surface area (Å²) in [5.41, 5.74) is 1.05. The Hall–Kier alpha value is -4.05. The molecule has 2 aliphatic rings. The van der Waals surface area contributed by atoms with Crippen molar-refractivity contribution in [2.45, 2.75) is 52.6 Å². The molecule has 10 heteroatoms. The number of aliphatic hydroxyl groups is 1. The molecule has 1 aromatic carbocycles. The maximum absolute atomic E-state index is 13.5. The van der Waals surface area contributed by atoms with Gasteiger partial charge in [-0.05, 0) is 36.2 Å². The molecule has 4 heterocycles. The van der Waals surface area contributed by atoms with E-state index in [0.717, 1.165) is 0 Å². The molecule has 1 N–H and O–H groups in total. The largest absolute Gasteiger partial charge is 0.457 e. The molecule has 0 radical (unpaired) electrons. The number of nitrogens with zero attached hydrogens (tertiary/aromatic N) is 2. The average molecular weight is 478 g/mol. The molecule has 0 saturated carbocycles. The molecule has 0 spiro atoms. The van der Waals surface area contributed by atoms with Crippen LogP contribution in [0.2, 0.25) is 0 Å². The number of hydrogen-bond donors (Lipinski definition) is 1. The molecule has 5 rings (SSSR count). The first-order chi connectivity index (χ1) is 16.7. The number of esters is 3. The van der Waals surface area contributed by atoms with Crippen LogP contribution < -0.4 is 10.3 Å². The number of aromatic nitrogens is 2. The topological polar surface area (TPSA) is 134 Å². The van der Waals surface area contributed by atoms with Gasteiger partial charge in [0.15, 0.2) is 0 Å². The second-order valence-electron chi connectivity index (χ2n) is 8.51. The highest BCUT2D eigenvalue weighted by Crippen LogP contribution is 2.42. The Balaban J connectivity index is 1.76. The molecule has 0 saturated heterocycles. The van der Waals surface area contributed by atoms with Gasteiger partial charge in [0.05, 0.1) is 35.6 Å². The van der Waals surface area contributed by atoms with Gasteiger partial charge in [-0.1, -0.05) is 6.92 Å². The van der Waals surface area contributed by atoms with Gasteiger partial charge in [-0.2, -0.15) is 0 Å². The van der Waals surface area contributed by atoms with Crippen LogP contribution in [0.25, 0.3) is 22.3 Å². The van der Waals surface area contributed by atoms with E-state index in [2.05, 4.69) is 0 Å². The molecule has 0 unspecified atom stereocenters. The lowest BCUT2D eigenvalue weighted by Crippen LogP contribution is -2.47. The van der Waals surface area contributed by atoms with Crippen LogP contribution >= 0.6 is 0 Å². The van der Waals surface area contributed by atoms with E-state index in [1.807, 2.05) is 0 Å². The Morgan fingerprint density at radius 1 is 1.17 bits per heavy atom. The first-order valence-corrected chi connectivity index (χ1v) is 11.1. The van der Waals surface area contributed by atoms with Gasteiger partial charge >= 0.3 is 17.9 Å². The van der Waals surface area contributed by atoms with Gasteiger partial charge in [0, 0.05) is 30.4 Å². The second-order valence-corrected chi connectivity index (χ2v) is 8.51. The standard InChI is InChI=1S/C25H22N2O8/c1-4-25(35-13(3)30)19-8-21-22-16(9-27(21)23(31)18(19)11-33-24(25)32)17(10-28)15-7-14(34-12(2)29)5-6-20(15)26-22/h5-8,28H,4,9-11H2,1-3H3/t25-/m0/s1. The highest BCUT2D eigenvalue weighted by molar-refractivity contribution is 5.90. The third kappa shape index (κ3) is 3.32. The molecule has 0 bridgehead atoms. The number of benzene rings is 1. The van der Waals surface area contributed by atoms with Gasteiger partial charge in [-0.25, -0.2) is 9.78 Å². The molecule has 2 aromatic heterocycles. The Morgan fingerprint density at radius 3 is 2.60 bits per heavy atom. The van der Waals surface area contributed by atoms with Crippen molar-refractivity contribution >= 4 is 28.8 Å². The summed E-state index contributed by atoms with van der Waals surface area (Å²) in [7, 11) is 0. The fourth-order valence-electron chi connectivity index (χ4n) is 4.95. The van der Waals surface area contributed by atoms with E-state index in [-0.39, 0.29) is 42.9 Å². The third-order valence-electron chi connectivity index (χ3n) is 6.48. The van der Waals surface area contributed by atoms with Crippen molar-refractivity contribution in [1.82, 2.24) is 9.55 Å². The van der Waals surface area contributed by atoms with E-state index in [0.29, 0.717) is 39.2 Å². The van der Waals surface area contributed by atoms with Gasteiger partial charge in [0.25, 0.3) is 5.56 Å². The van der Waals surface area contributed by atoms with E-state index in [4.69, 9.17) is 19.2 Å². The van der Waals surface area contributed by atoms with Crippen LogP contribution in [-0.2, 0) is 49.2 Å². The van der Waals surface area contributed by atoms with Crippen LogP contribution in [0.15, 0.2) is 29.1 Å². The summed E-state index contributed by atoms with van der Waals surface area (Å²) >= 11 is 0. The van der Waals surface area contributed by atoms with Crippen LogP contribution in [0.4, 0.5) is 0 Å². The summed E-state index contributed by atoms with van der Waals surface area (Å²) in [4.78, 5) is 54.3. The summed E-state index contributed by atoms with van der Waals surface area (Å²) in [6, 6.07) is 6.54. The highest BCUT2D eigenvalue weighted by Gasteiger charge is 2.50. The van der Waals surface area contributed by atoms with Gasteiger partial charge in [0.1, 0.15) is 12.4 Å². The van der Waals surface area contributed by atoms with Crippen LogP contribution in [0.5, 0.6) is 5.75 Å². The normalized spacial score (nSPS) is 17.9. The van der Waals surface area contributed by atoms with E-state index in [1.54, 1.807) is 31.2 Å². The van der Waals surface area contributed by atoms with Gasteiger partial charge in [-0.3, -0.25) is 14.4 Å². The monoisotopic (exact) mass is 478 g/mol. The number of cyclic esters (lactones) is 1. The van der Waals surface area contributed by atoms with Gasteiger partial charge < -0.3 is 23.9 Å². The molecular weight excluding hydrogens is 456 g/mol. The summed E-state index contributed by atoms with van der Waals surface area (Å²) in [5, 5.41) is 10.8. The number of carbonyl (C=O) groups is 3.